The summed E-state index contributed by atoms with van der Waals surface area (Å²) in [5.41, 5.74) is 0.902. The standard InChI is InChI=1S/C20H21N3O4S/c1-4-5-17(14-6-8-15(9-7-14)27-13-19(24)25)23(3)20(26)16(21-2)12-18-22-10-11-28-18/h6-12,17H,4-5,13H2,1,3H3,(H,24,25)/b16-12-. The maximum atomic E-state index is 12.9. The molecule has 1 unspecified atom stereocenters. The zero-order valence-corrected chi connectivity index (χ0v) is 16.5. The number of carboxylic acid groups (broad SMARTS) is 1. The number of nitrogens with zero attached hydrogens (tertiary/aromatic N) is 3. The summed E-state index contributed by atoms with van der Waals surface area (Å²) in [6.07, 6.45) is 4.70. The molecule has 7 nitrogen and oxygen atoms in total. The van der Waals surface area contributed by atoms with Crippen molar-refractivity contribution in [1.82, 2.24) is 9.88 Å². The van der Waals surface area contributed by atoms with Gasteiger partial charge in [-0.25, -0.2) is 14.6 Å². The van der Waals surface area contributed by atoms with Gasteiger partial charge in [-0.3, -0.25) is 4.79 Å². The highest BCUT2D eigenvalue weighted by atomic mass is 32.1. The monoisotopic (exact) mass is 399 g/mol. The highest BCUT2D eigenvalue weighted by Gasteiger charge is 2.24. The molecule has 0 fully saturated rings. The van der Waals surface area contributed by atoms with Crippen molar-refractivity contribution in [3.05, 3.63) is 63.5 Å². The van der Waals surface area contributed by atoms with Gasteiger partial charge in [0.15, 0.2) is 6.61 Å². The molecule has 2 rings (SSSR count). The normalized spacial score (nSPS) is 12.1. The Hall–Kier alpha value is -3.18. The lowest BCUT2D eigenvalue weighted by molar-refractivity contribution is -0.139. The van der Waals surface area contributed by atoms with E-state index in [1.807, 2.05) is 19.1 Å². The van der Waals surface area contributed by atoms with Crippen molar-refractivity contribution in [1.29, 1.82) is 0 Å². The molecule has 0 aliphatic rings. The average Bonchev–Trinajstić information content (AvgIpc) is 3.21. The molecular weight excluding hydrogens is 378 g/mol. The number of carbonyl (C=O) groups excluding carboxylic acids is 1. The first-order valence-corrected chi connectivity index (χ1v) is 9.54. The molecular formula is C20H21N3O4S. The van der Waals surface area contributed by atoms with Gasteiger partial charge < -0.3 is 14.7 Å². The van der Waals surface area contributed by atoms with E-state index in [2.05, 4.69) is 9.83 Å². The Morgan fingerprint density at radius 1 is 1.39 bits per heavy atom. The minimum atomic E-state index is -1.04. The van der Waals surface area contributed by atoms with E-state index in [9.17, 15) is 9.59 Å². The maximum absolute atomic E-state index is 12.9. The van der Waals surface area contributed by atoms with Gasteiger partial charge in [-0.2, -0.15) is 0 Å². The van der Waals surface area contributed by atoms with Gasteiger partial charge in [0.25, 0.3) is 11.6 Å². The summed E-state index contributed by atoms with van der Waals surface area (Å²) in [7, 11) is 1.68. The smallest absolute Gasteiger partial charge is 0.341 e. The summed E-state index contributed by atoms with van der Waals surface area (Å²) in [6, 6.07) is 6.76. The number of aliphatic carboxylic acids is 1. The maximum Gasteiger partial charge on any atom is 0.341 e. The lowest BCUT2D eigenvalue weighted by Crippen LogP contribution is -2.31. The molecule has 0 spiro atoms. The van der Waals surface area contributed by atoms with Crippen molar-refractivity contribution < 1.29 is 19.4 Å². The fourth-order valence-electron chi connectivity index (χ4n) is 2.68. The van der Waals surface area contributed by atoms with Gasteiger partial charge in [0, 0.05) is 18.6 Å². The molecule has 0 radical (unpaired) electrons. The van der Waals surface area contributed by atoms with Gasteiger partial charge in [-0.15, -0.1) is 11.3 Å². The number of carboxylic acids is 1. The van der Waals surface area contributed by atoms with Crippen LogP contribution in [-0.2, 0) is 9.59 Å². The van der Waals surface area contributed by atoms with Crippen molar-refractivity contribution in [3.8, 4) is 5.75 Å². The summed E-state index contributed by atoms with van der Waals surface area (Å²) in [5.74, 6) is -0.965. The lowest BCUT2D eigenvalue weighted by atomic mass is 10.0. The Labute approximate surface area is 167 Å². The van der Waals surface area contributed by atoms with Crippen molar-refractivity contribution in [2.24, 2.45) is 0 Å². The van der Waals surface area contributed by atoms with Crippen molar-refractivity contribution in [2.75, 3.05) is 13.7 Å². The van der Waals surface area contributed by atoms with Crippen molar-refractivity contribution in [2.45, 2.75) is 25.8 Å². The van der Waals surface area contributed by atoms with E-state index in [0.29, 0.717) is 10.8 Å². The SMILES string of the molecule is [C-]#[N+]/C(=C\c1nccs1)C(=O)N(C)C(CCC)c1ccc(OCC(=O)O)cc1. The van der Waals surface area contributed by atoms with Crippen LogP contribution in [0.1, 0.15) is 36.4 Å². The molecule has 0 saturated carbocycles. The molecule has 1 aromatic carbocycles. The first-order chi connectivity index (χ1) is 13.5. The summed E-state index contributed by atoms with van der Waals surface area (Å²) in [6.45, 7) is 8.98. The van der Waals surface area contributed by atoms with Gasteiger partial charge in [0.1, 0.15) is 10.8 Å². The number of thiazole rings is 1. The molecule has 0 aliphatic heterocycles. The van der Waals surface area contributed by atoms with E-state index < -0.39 is 12.6 Å². The fraction of sp³-hybridized carbons (Fsp3) is 0.300. The molecule has 1 amide bonds. The van der Waals surface area contributed by atoms with Crippen LogP contribution in [0.25, 0.3) is 10.9 Å². The van der Waals surface area contributed by atoms with Crippen LogP contribution in [0.2, 0.25) is 0 Å². The third-order valence-corrected chi connectivity index (χ3v) is 4.75. The number of benzene rings is 1. The first-order valence-electron chi connectivity index (χ1n) is 8.66. The predicted octanol–water partition coefficient (Wildman–Crippen LogP) is 3.87. The second-order valence-electron chi connectivity index (χ2n) is 5.98. The lowest BCUT2D eigenvalue weighted by Gasteiger charge is -2.28. The topological polar surface area (TPSA) is 84.1 Å². The minimum absolute atomic E-state index is 0.0139. The second-order valence-corrected chi connectivity index (χ2v) is 6.91. The van der Waals surface area contributed by atoms with Crippen LogP contribution < -0.4 is 4.74 Å². The molecule has 1 aromatic heterocycles. The number of aromatic nitrogens is 1. The third-order valence-electron chi connectivity index (χ3n) is 4.03. The summed E-state index contributed by atoms with van der Waals surface area (Å²) >= 11 is 1.36. The molecule has 146 valence electrons. The highest BCUT2D eigenvalue weighted by Crippen LogP contribution is 2.28. The van der Waals surface area contributed by atoms with Crippen LogP contribution in [-0.4, -0.2) is 40.5 Å². The Morgan fingerprint density at radius 3 is 2.64 bits per heavy atom. The number of hydrogen-bond donors (Lipinski definition) is 1. The van der Waals surface area contributed by atoms with E-state index >= 15 is 0 Å². The molecule has 0 saturated heterocycles. The second kappa shape index (κ2) is 10.2. The van der Waals surface area contributed by atoms with E-state index in [1.165, 1.54) is 17.4 Å². The minimum Gasteiger partial charge on any atom is -0.482 e. The Bertz CT molecular complexity index is 870. The van der Waals surface area contributed by atoms with Gasteiger partial charge in [0.05, 0.1) is 12.6 Å². The molecule has 0 aliphatic carbocycles. The first kappa shape index (κ1) is 21.1. The fourth-order valence-corrected chi connectivity index (χ4v) is 3.24. The molecule has 8 heteroatoms. The summed E-state index contributed by atoms with van der Waals surface area (Å²) < 4.78 is 5.15. The Balaban J connectivity index is 2.20. The largest absolute Gasteiger partial charge is 0.482 e. The molecule has 28 heavy (non-hydrogen) atoms. The number of carbonyl (C=O) groups is 2. The van der Waals surface area contributed by atoms with E-state index in [4.69, 9.17) is 16.4 Å². The molecule has 0 bridgehead atoms. The molecule has 1 N–H and O–H groups in total. The zero-order chi connectivity index (χ0) is 20.5. The van der Waals surface area contributed by atoms with Crippen LogP contribution in [0.3, 0.4) is 0 Å². The zero-order valence-electron chi connectivity index (χ0n) is 15.7. The molecule has 1 atom stereocenters. The Kier molecular flexibility index (Phi) is 7.72. The highest BCUT2D eigenvalue weighted by molar-refractivity contribution is 7.10. The van der Waals surface area contributed by atoms with Crippen LogP contribution in [0.4, 0.5) is 0 Å². The third kappa shape index (κ3) is 5.66. The quantitative estimate of drug-likeness (QED) is 0.511. The van der Waals surface area contributed by atoms with Crippen molar-refractivity contribution >= 4 is 29.3 Å². The van der Waals surface area contributed by atoms with Crippen LogP contribution >= 0.6 is 11.3 Å². The van der Waals surface area contributed by atoms with E-state index in [1.54, 1.807) is 35.7 Å². The van der Waals surface area contributed by atoms with E-state index in [0.717, 1.165) is 18.4 Å². The van der Waals surface area contributed by atoms with Crippen LogP contribution in [0, 0.1) is 6.57 Å². The molecule has 1 heterocycles. The van der Waals surface area contributed by atoms with Crippen LogP contribution in [0.15, 0.2) is 41.5 Å². The van der Waals surface area contributed by atoms with Gasteiger partial charge in [0.2, 0.25) is 0 Å². The van der Waals surface area contributed by atoms with Gasteiger partial charge in [-0.05, 0) is 30.2 Å². The number of hydrogen-bond acceptors (Lipinski definition) is 5. The number of rotatable bonds is 9. The van der Waals surface area contributed by atoms with Gasteiger partial charge in [-0.1, -0.05) is 25.5 Å². The Morgan fingerprint density at radius 2 is 2.11 bits per heavy atom. The number of ether oxygens (including phenoxy) is 1. The predicted molar refractivity (Wildman–Crippen MR) is 107 cm³/mol. The molecule has 2 aromatic rings. The average molecular weight is 399 g/mol. The number of likely N-dealkylation sites (N-methyl/N-ethyl adjacent to an activating group) is 1. The number of amides is 1. The summed E-state index contributed by atoms with van der Waals surface area (Å²) in [4.78, 5) is 32.5. The van der Waals surface area contributed by atoms with Crippen molar-refractivity contribution in [3.63, 3.8) is 0 Å². The van der Waals surface area contributed by atoms with Gasteiger partial charge >= 0.3 is 5.97 Å². The van der Waals surface area contributed by atoms with Crippen LogP contribution in [0.5, 0.6) is 5.75 Å². The summed E-state index contributed by atoms with van der Waals surface area (Å²) in [5, 5.41) is 11.1. The van der Waals surface area contributed by atoms with E-state index in [-0.39, 0.29) is 17.6 Å².